The Labute approximate surface area is 232 Å². The lowest BCUT2D eigenvalue weighted by Gasteiger charge is -2.29. The molecule has 8 nitrogen and oxygen atoms in total. The van der Waals surface area contributed by atoms with Gasteiger partial charge >= 0.3 is 0 Å². The van der Waals surface area contributed by atoms with Crippen molar-refractivity contribution in [2.45, 2.75) is 30.7 Å². The van der Waals surface area contributed by atoms with Crippen molar-refractivity contribution < 1.29 is 17.9 Å². The van der Waals surface area contributed by atoms with E-state index in [9.17, 15) is 13.2 Å². The number of carbonyl (C=O) groups is 1. The van der Waals surface area contributed by atoms with Gasteiger partial charge in [-0.3, -0.25) is 4.79 Å². The first-order chi connectivity index (χ1) is 18.8. The van der Waals surface area contributed by atoms with E-state index in [4.69, 9.17) is 21.3 Å². The van der Waals surface area contributed by atoms with E-state index >= 15 is 0 Å². The van der Waals surface area contributed by atoms with E-state index in [2.05, 4.69) is 26.7 Å². The average molecular weight is 563 g/mol. The molecule has 0 saturated heterocycles. The van der Waals surface area contributed by atoms with Crippen LogP contribution in [0.4, 0.5) is 5.95 Å². The fraction of sp³-hybridized carbons (Fsp3) is 0.207. The number of benzene rings is 3. The van der Waals surface area contributed by atoms with E-state index < -0.39 is 15.9 Å². The molecule has 2 heterocycles. The van der Waals surface area contributed by atoms with Crippen molar-refractivity contribution >= 4 is 33.5 Å². The lowest BCUT2D eigenvalue weighted by Crippen LogP contribution is -2.34. The maximum atomic E-state index is 13.3. The lowest BCUT2D eigenvalue weighted by atomic mass is 10.0. The van der Waals surface area contributed by atoms with E-state index in [0.29, 0.717) is 36.1 Å². The SMILES string of the molecule is COc1cccc(CCc2nc(N3CCc4ccccc4C3)ncc2C(=O)NS(=O)(=O)c2ccc(Cl)cc2)c1. The molecule has 0 atom stereocenters. The molecule has 0 radical (unpaired) electrons. The number of nitrogens with zero attached hydrogens (tertiary/aromatic N) is 3. The van der Waals surface area contributed by atoms with E-state index in [1.54, 1.807) is 7.11 Å². The Morgan fingerprint density at radius 2 is 1.79 bits per heavy atom. The van der Waals surface area contributed by atoms with Crippen molar-refractivity contribution in [3.8, 4) is 5.75 Å². The fourth-order valence-corrected chi connectivity index (χ4v) is 5.64. The Bertz CT molecular complexity index is 1610. The quantitative estimate of drug-likeness (QED) is 0.335. The molecule has 39 heavy (non-hydrogen) atoms. The number of sulfonamides is 1. The normalized spacial score (nSPS) is 13.0. The maximum absolute atomic E-state index is 13.3. The van der Waals surface area contributed by atoms with E-state index in [0.717, 1.165) is 24.3 Å². The lowest BCUT2D eigenvalue weighted by molar-refractivity contribution is 0.0979. The first kappa shape index (κ1) is 26.6. The second-order valence-electron chi connectivity index (χ2n) is 9.21. The number of aryl methyl sites for hydroxylation is 2. The molecule has 1 N–H and O–H groups in total. The molecule has 0 aliphatic carbocycles. The highest BCUT2D eigenvalue weighted by atomic mass is 35.5. The fourth-order valence-electron chi connectivity index (χ4n) is 4.55. The van der Waals surface area contributed by atoms with E-state index in [1.165, 1.54) is 41.6 Å². The standard InChI is InChI=1S/C29H27ClN4O4S/c1-38-24-8-4-5-20(17-24)9-14-27-26(28(35)33-39(36,37)25-12-10-23(30)11-13-25)18-31-29(32-27)34-16-15-21-6-2-3-7-22(21)19-34/h2-8,10-13,17-18H,9,14-16,19H2,1H3,(H,33,35). The number of hydrogen-bond donors (Lipinski definition) is 1. The van der Waals surface area contributed by atoms with Crippen molar-refractivity contribution in [2.75, 3.05) is 18.6 Å². The minimum Gasteiger partial charge on any atom is -0.497 e. The summed E-state index contributed by atoms with van der Waals surface area (Å²) in [5.41, 5.74) is 4.08. The summed E-state index contributed by atoms with van der Waals surface area (Å²) in [7, 11) is -2.51. The van der Waals surface area contributed by atoms with Gasteiger partial charge in [0.1, 0.15) is 5.75 Å². The third-order valence-electron chi connectivity index (χ3n) is 6.65. The number of fused-ring (bicyclic) bond motifs is 1. The summed E-state index contributed by atoms with van der Waals surface area (Å²) in [6.07, 6.45) is 3.24. The Morgan fingerprint density at radius 1 is 1.03 bits per heavy atom. The highest BCUT2D eigenvalue weighted by Gasteiger charge is 2.24. The molecular weight excluding hydrogens is 536 g/mol. The minimum atomic E-state index is -4.12. The number of ether oxygens (including phenoxy) is 1. The molecule has 0 spiro atoms. The zero-order chi connectivity index (χ0) is 27.4. The van der Waals surface area contributed by atoms with Gasteiger partial charge in [-0.05, 0) is 72.4 Å². The van der Waals surface area contributed by atoms with Crippen LogP contribution in [0.1, 0.15) is 32.7 Å². The summed E-state index contributed by atoms with van der Waals surface area (Å²) in [4.78, 5) is 24.5. The van der Waals surface area contributed by atoms with Crippen LogP contribution < -0.4 is 14.4 Å². The van der Waals surface area contributed by atoms with Crippen LogP contribution >= 0.6 is 11.6 Å². The Hall–Kier alpha value is -3.95. The van der Waals surface area contributed by atoms with Gasteiger partial charge in [0.15, 0.2) is 0 Å². The number of aromatic nitrogens is 2. The number of hydrogen-bond acceptors (Lipinski definition) is 7. The Morgan fingerprint density at radius 3 is 2.56 bits per heavy atom. The summed E-state index contributed by atoms with van der Waals surface area (Å²) in [6, 6.07) is 21.5. The van der Waals surface area contributed by atoms with Gasteiger partial charge in [0.05, 0.1) is 23.3 Å². The molecule has 0 unspecified atom stereocenters. The summed E-state index contributed by atoms with van der Waals surface area (Å²) in [5.74, 6) is 0.443. The van der Waals surface area contributed by atoms with Crippen molar-refractivity contribution in [1.82, 2.24) is 14.7 Å². The molecule has 10 heteroatoms. The van der Waals surface area contributed by atoms with Crippen LogP contribution in [-0.4, -0.2) is 37.9 Å². The molecule has 3 aromatic carbocycles. The van der Waals surface area contributed by atoms with Crippen LogP contribution in [0.15, 0.2) is 83.9 Å². The highest BCUT2D eigenvalue weighted by Crippen LogP contribution is 2.24. The van der Waals surface area contributed by atoms with Gasteiger partial charge in [0, 0.05) is 24.3 Å². The van der Waals surface area contributed by atoms with Crippen LogP contribution in [0, 0.1) is 0 Å². The van der Waals surface area contributed by atoms with Gasteiger partial charge in [0.25, 0.3) is 15.9 Å². The summed E-state index contributed by atoms with van der Waals surface area (Å²) >= 11 is 5.88. The Balaban J connectivity index is 1.43. The summed E-state index contributed by atoms with van der Waals surface area (Å²) in [5, 5.41) is 0.393. The number of methoxy groups -OCH3 is 1. The second kappa shape index (κ2) is 11.4. The molecule has 5 rings (SSSR count). The Kier molecular flexibility index (Phi) is 7.81. The van der Waals surface area contributed by atoms with Gasteiger partial charge in [-0.1, -0.05) is 48.0 Å². The number of anilines is 1. The average Bonchev–Trinajstić information content (AvgIpc) is 2.95. The predicted molar refractivity (Wildman–Crippen MR) is 150 cm³/mol. The third-order valence-corrected chi connectivity index (χ3v) is 8.25. The highest BCUT2D eigenvalue weighted by molar-refractivity contribution is 7.90. The number of rotatable bonds is 8. The van der Waals surface area contributed by atoms with E-state index in [1.807, 2.05) is 36.4 Å². The van der Waals surface area contributed by atoms with Crippen LogP contribution in [0.3, 0.4) is 0 Å². The predicted octanol–water partition coefficient (Wildman–Crippen LogP) is 4.61. The largest absolute Gasteiger partial charge is 0.497 e. The molecule has 1 amide bonds. The van der Waals surface area contributed by atoms with Crippen LogP contribution in [0.5, 0.6) is 5.75 Å². The second-order valence-corrected chi connectivity index (χ2v) is 11.3. The molecule has 1 aromatic heterocycles. The van der Waals surface area contributed by atoms with Gasteiger partial charge < -0.3 is 9.64 Å². The molecule has 4 aromatic rings. The van der Waals surface area contributed by atoms with Crippen LogP contribution in [0.25, 0.3) is 0 Å². The minimum absolute atomic E-state index is 0.0669. The molecule has 1 aliphatic rings. The molecule has 0 bridgehead atoms. The number of carbonyl (C=O) groups excluding carboxylic acids is 1. The number of nitrogens with one attached hydrogen (secondary N) is 1. The molecule has 0 saturated carbocycles. The van der Waals surface area contributed by atoms with E-state index in [-0.39, 0.29) is 10.5 Å². The monoisotopic (exact) mass is 562 g/mol. The van der Waals surface area contributed by atoms with Gasteiger partial charge in [0.2, 0.25) is 5.95 Å². The first-order valence-electron chi connectivity index (χ1n) is 12.5. The molecule has 0 fully saturated rings. The van der Waals surface area contributed by atoms with Gasteiger partial charge in [-0.15, -0.1) is 0 Å². The van der Waals surface area contributed by atoms with Crippen molar-refractivity contribution in [1.29, 1.82) is 0 Å². The molecular formula is C29H27ClN4O4S. The zero-order valence-corrected chi connectivity index (χ0v) is 22.9. The first-order valence-corrected chi connectivity index (χ1v) is 14.3. The number of halogens is 1. The summed E-state index contributed by atoms with van der Waals surface area (Å²) < 4.78 is 33.2. The zero-order valence-electron chi connectivity index (χ0n) is 21.3. The van der Waals surface area contributed by atoms with Gasteiger partial charge in [-0.25, -0.2) is 23.1 Å². The van der Waals surface area contributed by atoms with Crippen LogP contribution in [0.2, 0.25) is 5.02 Å². The summed E-state index contributed by atoms with van der Waals surface area (Å²) in [6.45, 7) is 1.39. The van der Waals surface area contributed by atoms with Crippen molar-refractivity contribution in [3.05, 3.63) is 112 Å². The molecule has 1 aliphatic heterocycles. The third kappa shape index (κ3) is 6.21. The van der Waals surface area contributed by atoms with Crippen molar-refractivity contribution in [2.24, 2.45) is 0 Å². The smallest absolute Gasteiger partial charge is 0.268 e. The van der Waals surface area contributed by atoms with Gasteiger partial charge in [-0.2, -0.15) is 0 Å². The van der Waals surface area contributed by atoms with Crippen LogP contribution in [-0.2, 0) is 35.8 Å². The topological polar surface area (TPSA) is 101 Å². The number of amides is 1. The van der Waals surface area contributed by atoms with Crippen molar-refractivity contribution in [3.63, 3.8) is 0 Å². The maximum Gasteiger partial charge on any atom is 0.268 e. The molecule has 200 valence electrons.